The molecule has 3 atom stereocenters. The average molecular weight is 436 g/mol. The first kappa shape index (κ1) is 21.8. The van der Waals surface area contributed by atoms with Crippen LogP contribution < -0.4 is 0 Å². The van der Waals surface area contributed by atoms with Crippen molar-refractivity contribution in [3.8, 4) is 0 Å². The Hall–Kier alpha value is -2.43. The Morgan fingerprint density at radius 3 is 2.74 bits per heavy atom. The van der Waals surface area contributed by atoms with Gasteiger partial charge in [-0.25, -0.2) is 0 Å². The van der Waals surface area contributed by atoms with Gasteiger partial charge < -0.3 is 10.1 Å². The molecule has 0 saturated carbocycles. The highest BCUT2D eigenvalue weighted by atomic mass is 35.5. The molecule has 0 N–H and O–H groups in total. The molecule has 0 spiro atoms. The number of fused-ring (bicyclic) bond motifs is 1. The van der Waals surface area contributed by atoms with Crippen LogP contribution in [0.2, 0.25) is 5.02 Å². The molecule has 1 fully saturated rings. The van der Waals surface area contributed by atoms with E-state index in [1.165, 1.54) is 0 Å². The summed E-state index contributed by atoms with van der Waals surface area (Å²) < 4.78 is 6.13. The SMILES string of the molecule is CC[C@@]1(C)CC[C@H]([C@@H](OC(=O)Cc2ccccc2Cl)c2ccnc3ccccc23)[N-]C1. The lowest BCUT2D eigenvalue weighted by Gasteiger charge is -2.50. The average Bonchev–Trinajstić information content (AvgIpc) is 2.79. The number of esters is 1. The molecular weight excluding hydrogens is 408 g/mol. The largest absolute Gasteiger partial charge is 0.656 e. The Kier molecular flexibility index (Phi) is 6.59. The fraction of sp³-hybridized carbons (Fsp3) is 0.385. The zero-order valence-electron chi connectivity index (χ0n) is 18.1. The highest BCUT2D eigenvalue weighted by Gasteiger charge is 2.30. The molecule has 1 saturated heterocycles. The third-order valence-corrected chi connectivity index (χ3v) is 6.86. The van der Waals surface area contributed by atoms with Crippen LogP contribution in [0.15, 0.2) is 60.8 Å². The quantitative estimate of drug-likeness (QED) is 0.406. The summed E-state index contributed by atoms with van der Waals surface area (Å²) >= 11 is 6.26. The Morgan fingerprint density at radius 2 is 2.00 bits per heavy atom. The van der Waals surface area contributed by atoms with Crippen LogP contribution in [0.4, 0.5) is 0 Å². The lowest BCUT2D eigenvalue weighted by molar-refractivity contribution is -0.149. The molecule has 162 valence electrons. The summed E-state index contributed by atoms with van der Waals surface area (Å²) in [5.74, 6) is -0.293. The van der Waals surface area contributed by atoms with E-state index in [1.807, 2.05) is 48.5 Å². The van der Waals surface area contributed by atoms with Crippen molar-refractivity contribution in [2.45, 2.75) is 51.7 Å². The third kappa shape index (κ3) is 4.91. The molecule has 0 amide bonds. The summed E-state index contributed by atoms with van der Waals surface area (Å²) in [6.45, 7) is 5.29. The van der Waals surface area contributed by atoms with Gasteiger partial charge in [0.25, 0.3) is 0 Å². The Bertz CT molecular complexity index is 1050. The minimum Gasteiger partial charge on any atom is -0.656 e. The fourth-order valence-corrected chi connectivity index (χ4v) is 4.44. The molecule has 5 heteroatoms. The minimum atomic E-state index is -0.440. The first-order valence-corrected chi connectivity index (χ1v) is 11.3. The number of para-hydroxylation sites is 1. The number of halogens is 1. The zero-order valence-corrected chi connectivity index (χ0v) is 18.8. The van der Waals surface area contributed by atoms with Gasteiger partial charge in [0.15, 0.2) is 0 Å². The molecule has 2 heterocycles. The maximum atomic E-state index is 13.0. The molecule has 2 aromatic carbocycles. The van der Waals surface area contributed by atoms with E-state index in [0.29, 0.717) is 5.02 Å². The molecule has 4 nitrogen and oxygen atoms in total. The number of piperidine rings is 1. The first-order chi connectivity index (χ1) is 15.0. The van der Waals surface area contributed by atoms with Gasteiger partial charge in [0, 0.05) is 22.2 Å². The zero-order chi connectivity index (χ0) is 21.8. The van der Waals surface area contributed by atoms with E-state index in [4.69, 9.17) is 21.7 Å². The third-order valence-electron chi connectivity index (χ3n) is 6.49. The van der Waals surface area contributed by atoms with Gasteiger partial charge in [0.05, 0.1) is 11.9 Å². The lowest BCUT2D eigenvalue weighted by atomic mass is 9.77. The van der Waals surface area contributed by atoms with Crippen LogP contribution in [-0.2, 0) is 16.0 Å². The van der Waals surface area contributed by atoms with Crippen molar-refractivity contribution in [1.29, 1.82) is 0 Å². The van der Waals surface area contributed by atoms with Crippen molar-refractivity contribution >= 4 is 28.5 Å². The number of nitrogens with zero attached hydrogens (tertiary/aromatic N) is 2. The number of hydrogen-bond acceptors (Lipinski definition) is 3. The molecule has 1 aliphatic rings. The topological polar surface area (TPSA) is 53.3 Å². The Labute approximate surface area is 189 Å². The normalized spacial score (nSPS) is 22.2. The monoisotopic (exact) mass is 435 g/mol. The van der Waals surface area contributed by atoms with Gasteiger partial charge in [-0.2, -0.15) is 0 Å². The van der Waals surface area contributed by atoms with E-state index < -0.39 is 6.10 Å². The number of aromatic nitrogens is 1. The van der Waals surface area contributed by atoms with Crippen LogP contribution in [0, 0.1) is 5.41 Å². The predicted molar refractivity (Wildman–Crippen MR) is 125 cm³/mol. The van der Waals surface area contributed by atoms with Crippen LogP contribution >= 0.6 is 11.6 Å². The second-order valence-corrected chi connectivity index (χ2v) is 9.11. The number of carbonyl (C=O) groups is 1. The van der Waals surface area contributed by atoms with E-state index >= 15 is 0 Å². The summed E-state index contributed by atoms with van der Waals surface area (Å²) in [6.07, 6.45) is 4.54. The molecule has 3 aromatic rings. The first-order valence-electron chi connectivity index (χ1n) is 10.9. The minimum absolute atomic E-state index is 0.0689. The second kappa shape index (κ2) is 9.37. The summed E-state index contributed by atoms with van der Waals surface area (Å²) in [4.78, 5) is 17.4. The summed E-state index contributed by atoms with van der Waals surface area (Å²) in [5.41, 5.74) is 2.85. The molecule has 1 aromatic heterocycles. The Balaban J connectivity index is 1.63. The van der Waals surface area contributed by atoms with Gasteiger partial charge in [-0.15, -0.1) is 6.54 Å². The standard InChI is InChI=1S/C26H28ClN2O2/c1-3-26(2)14-12-23(29-17-26)25(20-13-15-28-22-11-7-5-9-19(20)22)31-24(30)16-18-8-4-6-10-21(18)27/h4-11,13,15,23,25H,3,12,14,16-17H2,1-2H3/q-1/t23-,25+,26+/m1/s1. The highest BCUT2D eigenvalue weighted by Crippen LogP contribution is 2.42. The molecule has 0 radical (unpaired) electrons. The van der Waals surface area contributed by atoms with E-state index in [1.54, 1.807) is 12.3 Å². The maximum Gasteiger partial charge on any atom is 0.310 e. The molecule has 4 rings (SSSR count). The van der Waals surface area contributed by atoms with E-state index in [2.05, 4.69) is 18.8 Å². The van der Waals surface area contributed by atoms with Gasteiger partial charge in [-0.1, -0.05) is 92.6 Å². The highest BCUT2D eigenvalue weighted by molar-refractivity contribution is 6.31. The van der Waals surface area contributed by atoms with Crippen LogP contribution in [0.5, 0.6) is 0 Å². The van der Waals surface area contributed by atoms with Crippen molar-refractivity contribution in [3.05, 3.63) is 82.3 Å². The van der Waals surface area contributed by atoms with Crippen LogP contribution in [0.3, 0.4) is 0 Å². The number of carbonyl (C=O) groups excluding carboxylic acids is 1. The number of rotatable bonds is 6. The summed E-state index contributed by atoms with van der Waals surface area (Å²) in [7, 11) is 0. The fourth-order valence-electron chi connectivity index (χ4n) is 4.24. The predicted octanol–water partition coefficient (Wildman–Crippen LogP) is 6.67. The van der Waals surface area contributed by atoms with Gasteiger partial charge in [0.2, 0.25) is 0 Å². The molecular formula is C26H28ClN2O2-. The Morgan fingerprint density at radius 1 is 1.23 bits per heavy atom. The van der Waals surface area contributed by atoms with Gasteiger partial charge in [-0.05, 0) is 23.8 Å². The van der Waals surface area contributed by atoms with Crippen molar-refractivity contribution in [2.24, 2.45) is 5.41 Å². The summed E-state index contributed by atoms with van der Waals surface area (Å²) in [6, 6.07) is 17.2. The number of benzene rings is 2. The molecule has 0 aliphatic carbocycles. The van der Waals surface area contributed by atoms with Gasteiger partial charge >= 0.3 is 5.97 Å². The van der Waals surface area contributed by atoms with Crippen molar-refractivity contribution in [2.75, 3.05) is 6.54 Å². The van der Waals surface area contributed by atoms with Crippen LogP contribution in [0.25, 0.3) is 16.2 Å². The molecule has 31 heavy (non-hydrogen) atoms. The van der Waals surface area contributed by atoms with E-state index in [-0.39, 0.29) is 23.8 Å². The van der Waals surface area contributed by atoms with Crippen molar-refractivity contribution < 1.29 is 9.53 Å². The number of hydrogen-bond donors (Lipinski definition) is 0. The maximum absolute atomic E-state index is 13.0. The van der Waals surface area contributed by atoms with Gasteiger partial charge in [-0.3, -0.25) is 9.78 Å². The van der Waals surface area contributed by atoms with E-state index in [0.717, 1.165) is 47.8 Å². The molecule has 0 unspecified atom stereocenters. The van der Waals surface area contributed by atoms with Crippen molar-refractivity contribution in [3.63, 3.8) is 0 Å². The van der Waals surface area contributed by atoms with Crippen LogP contribution in [-0.4, -0.2) is 23.5 Å². The summed E-state index contributed by atoms with van der Waals surface area (Å²) in [5, 5.41) is 6.57. The lowest BCUT2D eigenvalue weighted by Crippen LogP contribution is -2.34. The smallest absolute Gasteiger partial charge is 0.310 e. The van der Waals surface area contributed by atoms with Crippen molar-refractivity contribution in [1.82, 2.24) is 4.98 Å². The second-order valence-electron chi connectivity index (χ2n) is 8.71. The molecule has 1 aliphatic heterocycles. The van der Waals surface area contributed by atoms with Crippen LogP contribution in [0.1, 0.15) is 50.3 Å². The molecule has 0 bridgehead atoms. The number of ether oxygens (including phenoxy) is 1. The number of pyridine rings is 1. The van der Waals surface area contributed by atoms with Gasteiger partial charge in [0.1, 0.15) is 6.10 Å². The van der Waals surface area contributed by atoms with E-state index in [9.17, 15) is 4.79 Å².